The molecule has 6 atom stereocenters. The summed E-state index contributed by atoms with van der Waals surface area (Å²) in [5, 5.41) is 10.7. The van der Waals surface area contributed by atoms with Crippen LogP contribution in [0.4, 0.5) is 11.4 Å². The van der Waals surface area contributed by atoms with E-state index in [0.717, 1.165) is 18.8 Å². The quantitative estimate of drug-likeness (QED) is 0.196. The van der Waals surface area contributed by atoms with E-state index in [1.54, 1.807) is 17.1 Å². The number of benzene rings is 2. The van der Waals surface area contributed by atoms with Crippen LogP contribution in [0.25, 0.3) is 0 Å². The molecule has 9 nitrogen and oxygen atoms in total. The summed E-state index contributed by atoms with van der Waals surface area (Å²) >= 11 is 0. The molecular weight excluding hydrogens is 558 g/mol. The molecule has 3 aliphatic heterocycles. The Morgan fingerprint density at radius 3 is 2.39 bits per heavy atom. The molecule has 1 N–H and O–H groups in total. The molecule has 5 rings (SSSR count). The molecule has 9 heteroatoms. The Bertz CT molecular complexity index is 1360. The largest absolute Gasteiger partial charge is 0.465 e. The van der Waals surface area contributed by atoms with E-state index in [9.17, 15) is 19.5 Å². The highest BCUT2D eigenvalue weighted by Crippen LogP contribution is 2.60. The zero-order chi connectivity index (χ0) is 31.4. The molecule has 44 heavy (non-hydrogen) atoms. The Morgan fingerprint density at radius 1 is 1.09 bits per heavy atom. The van der Waals surface area contributed by atoms with Crippen molar-refractivity contribution in [3.05, 3.63) is 85.5 Å². The summed E-state index contributed by atoms with van der Waals surface area (Å²) < 4.78 is 12.1. The first kappa shape index (κ1) is 31.5. The fourth-order valence-electron chi connectivity index (χ4n) is 7.37. The molecule has 0 aromatic heterocycles. The molecule has 0 saturated carbocycles. The third kappa shape index (κ3) is 5.32. The Balaban J connectivity index is 1.58. The van der Waals surface area contributed by atoms with Gasteiger partial charge in [0.15, 0.2) is 0 Å². The number of ether oxygens (including phenoxy) is 2. The number of rotatable bonds is 14. The van der Waals surface area contributed by atoms with Crippen LogP contribution in [0.5, 0.6) is 0 Å². The van der Waals surface area contributed by atoms with Crippen molar-refractivity contribution in [3.63, 3.8) is 0 Å². The van der Waals surface area contributed by atoms with Gasteiger partial charge in [-0.15, -0.1) is 13.2 Å². The van der Waals surface area contributed by atoms with Crippen LogP contribution in [-0.2, 0) is 23.9 Å². The van der Waals surface area contributed by atoms with Gasteiger partial charge in [-0.1, -0.05) is 42.5 Å². The molecule has 3 saturated heterocycles. The van der Waals surface area contributed by atoms with Gasteiger partial charge in [0.25, 0.3) is 5.91 Å². The summed E-state index contributed by atoms with van der Waals surface area (Å²) in [6, 6.07) is 15.1. The van der Waals surface area contributed by atoms with Crippen molar-refractivity contribution in [2.45, 2.75) is 56.9 Å². The number of carbonyl (C=O) groups excluding carboxylic acids is 3. The maximum absolute atomic E-state index is 14.9. The summed E-state index contributed by atoms with van der Waals surface area (Å²) in [5.74, 6) is -2.96. The number of aliphatic hydroxyl groups is 1. The van der Waals surface area contributed by atoms with E-state index in [4.69, 9.17) is 9.47 Å². The van der Waals surface area contributed by atoms with Crippen LogP contribution in [0.15, 0.2) is 79.9 Å². The first-order chi connectivity index (χ1) is 21.4. The van der Waals surface area contributed by atoms with Gasteiger partial charge in [-0.05, 0) is 62.9 Å². The van der Waals surface area contributed by atoms with Gasteiger partial charge in [-0.3, -0.25) is 14.4 Å². The number of aliphatic hydroxyl groups excluding tert-OH is 1. The van der Waals surface area contributed by atoms with Crippen LogP contribution in [0, 0.1) is 11.8 Å². The van der Waals surface area contributed by atoms with Crippen molar-refractivity contribution in [1.82, 2.24) is 4.90 Å². The number of likely N-dealkylation sites (tertiary alicyclic amines) is 1. The lowest BCUT2D eigenvalue weighted by Gasteiger charge is -2.39. The highest BCUT2D eigenvalue weighted by molar-refractivity contribution is 6.05. The molecule has 1 spiro atoms. The standard InChI is InChI=1S/C35H43N3O6/c1-5-9-22-43-34(42)29-28-19-20-35(44-28)30(29)32(40)38(27(23-39)24-13-11-10-12-14-24)31(35)33(41)37(21-6-2)26-17-15-25(16-18-26)36(7-3)8-4/h5-6,10-18,27-31,39H,1-2,7-9,19-23H2,3-4H3/t27-,28+,29-,30+,31?,35?/m1/s1. The Morgan fingerprint density at radius 2 is 1.77 bits per heavy atom. The van der Waals surface area contributed by atoms with Crippen molar-refractivity contribution in [2.75, 3.05) is 42.6 Å². The molecular formula is C35H43N3O6. The number of hydrogen-bond donors (Lipinski definition) is 1. The molecule has 3 fully saturated rings. The van der Waals surface area contributed by atoms with E-state index in [1.807, 2.05) is 54.6 Å². The fourth-order valence-corrected chi connectivity index (χ4v) is 7.37. The van der Waals surface area contributed by atoms with Gasteiger partial charge in [-0.2, -0.15) is 0 Å². The van der Waals surface area contributed by atoms with Crippen LogP contribution in [0.1, 0.15) is 44.7 Å². The van der Waals surface area contributed by atoms with E-state index in [2.05, 4.69) is 31.9 Å². The van der Waals surface area contributed by atoms with Crippen LogP contribution in [0.2, 0.25) is 0 Å². The van der Waals surface area contributed by atoms with E-state index in [-0.39, 0.29) is 25.0 Å². The minimum absolute atomic E-state index is 0.158. The monoisotopic (exact) mass is 601 g/mol. The van der Waals surface area contributed by atoms with Gasteiger partial charge >= 0.3 is 5.97 Å². The lowest BCUT2D eigenvalue weighted by atomic mass is 9.70. The van der Waals surface area contributed by atoms with Gasteiger partial charge in [0.05, 0.1) is 37.2 Å². The van der Waals surface area contributed by atoms with E-state index in [1.165, 1.54) is 4.90 Å². The average molecular weight is 602 g/mol. The van der Waals surface area contributed by atoms with Crippen molar-refractivity contribution in [3.8, 4) is 0 Å². The summed E-state index contributed by atoms with van der Waals surface area (Å²) in [5.41, 5.74) is 1.16. The summed E-state index contributed by atoms with van der Waals surface area (Å²) in [6.45, 7) is 13.4. The van der Waals surface area contributed by atoms with Crippen molar-refractivity contribution in [2.24, 2.45) is 11.8 Å². The fraction of sp³-hybridized carbons (Fsp3) is 0.457. The molecule has 2 bridgehead atoms. The molecule has 3 aliphatic rings. The predicted molar refractivity (Wildman–Crippen MR) is 169 cm³/mol. The second-order valence-electron chi connectivity index (χ2n) is 11.6. The Kier molecular flexibility index (Phi) is 9.56. The van der Waals surface area contributed by atoms with Gasteiger partial charge in [0.2, 0.25) is 5.91 Å². The van der Waals surface area contributed by atoms with Crippen molar-refractivity contribution < 1.29 is 29.0 Å². The second-order valence-corrected chi connectivity index (χ2v) is 11.6. The molecule has 2 aromatic rings. The highest BCUT2D eigenvalue weighted by Gasteiger charge is 2.75. The van der Waals surface area contributed by atoms with E-state index >= 15 is 0 Å². The third-order valence-corrected chi connectivity index (χ3v) is 9.37. The van der Waals surface area contributed by atoms with Gasteiger partial charge < -0.3 is 29.3 Å². The molecule has 0 radical (unpaired) electrons. The number of hydrogen-bond acceptors (Lipinski definition) is 7. The van der Waals surface area contributed by atoms with Gasteiger partial charge in [-0.25, -0.2) is 0 Å². The minimum atomic E-state index is -1.23. The average Bonchev–Trinajstić information content (AvgIpc) is 3.69. The summed E-state index contributed by atoms with van der Waals surface area (Å²) in [7, 11) is 0. The van der Waals surface area contributed by atoms with Crippen molar-refractivity contribution in [1.29, 1.82) is 0 Å². The number of anilines is 2. The number of nitrogens with zero attached hydrogens (tertiary/aromatic N) is 3. The SMILES string of the molecule is C=CCCOC(=O)[C@@H]1[C@@H]2CCC3(O2)C(C(=O)N(CC=C)c2ccc(N(CC)CC)cc2)N([C@H](CO)c2ccccc2)C(=O)[C@H]13. The molecule has 2 unspecified atom stereocenters. The van der Waals surface area contributed by atoms with Gasteiger partial charge in [0, 0.05) is 31.0 Å². The predicted octanol–water partition coefficient (Wildman–Crippen LogP) is 4.28. The van der Waals surface area contributed by atoms with Crippen LogP contribution < -0.4 is 9.80 Å². The van der Waals surface area contributed by atoms with E-state index < -0.39 is 48.2 Å². The number of fused-ring (bicyclic) bond motifs is 1. The first-order valence-corrected chi connectivity index (χ1v) is 15.6. The normalized spacial score (nSPS) is 25.8. The molecule has 0 aliphatic carbocycles. The van der Waals surface area contributed by atoms with Gasteiger partial charge in [0.1, 0.15) is 11.6 Å². The molecule has 2 aromatic carbocycles. The van der Waals surface area contributed by atoms with Crippen LogP contribution in [-0.4, -0.2) is 78.4 Å². The zero-order valence-electron chi connectivity index (χ0n) is 25.6. The van der Waals surface area contributed by atoms with Crippen LogP contribution in [0.3, 0.4) is 0 Å². The third-order valence-electron chi connectivity index (χ3n) is 9.37. The Labute approximate surface area is 259 Å². The highest BCUT2D eigenvalue weighted by atomic mass is 16.6. The van der Waals surface area contributed by atoms with E-state index in [0.29, 0.717) is 30.5 Å². The second kappa shape index (κ2) is 13.4. The zero-order valence-corrected chi connectivity index (χ0v) is 25.6. The van der Waals surface area contributed by atoms with Crippen molar-refractivity contribution >= 4 is 29.2 Å². The lowest BCUT2D eigenvalue weighted by Crippen LogP contribution is -2.57. The Hall–Kier alpha value is -3.95. The molecule has 3 heterocycles. The van der Waals surface area contributed by atoms with Crippen LogP contribution >= 0.6 is 0 Å². The topological polar surface area (TPSA) is 99.6 Å². The minimum Gasteiger partial charge on any atom is -0.465 e. The maximum atomic E-state index is 14.9. The maximum Gasteiger partial charge on any atom is 0.312 e. The number of carbonyl (C=O) groups is 3. The smallest absolute Gasteiger partial charge is 0.312 e. The molecule has 2 amide bonds. The molecule has 234 valence electrons. The summed E-state index contributed by atoms with van der Waals surface area (Å²) in [4.78, 5) is 48.1. The number of amides is 2. The summed E-state index contributed by atoms with van der Waals surface area (Å²) in [6.07, 6.45) is 4.25. The lowest BCUT2D eigenvalue weighted by molar-refractivity contribution is -0.155. The number of esters is 1. The first-order valence-electron chi connectivity index (χ1n) is 15.6.